The smallest absolute Gasteiger partial charge is 0.296 e. The Morgan fingerprint density at radius 3 is 2.38 bits per heavy atom. The molecule has 0 amide bonds. The maximum atomic E-state index is 11.3. The van der Waals surface area contributed by atoms with Crippen LogP contribution in [0.25, 0.3) is 0 Å². The summed E-state index contributed by atoms with van der Waals surface area (Å²) in [4.78, 5) is -0.465. The first-order valence-electron chi connectivity index (χ1n) is 5.97. The van der Waals surface area contributed by atoms with Crippen LogP contribution in [0, 0.1) is 0 Å². The maximum absolute atomic E-state index is 11.3. The summed E-state index contributed by atoms with van der Waals surface area (Å²) in [5, 5.41) is 8.57. The lowest BCUT2D eigenvalue weighted by atomic mass is 10.3. The standard InChI is InChI=1S/C11H17NO7S2/c12-10-3-2-9(8-11(10)21(16,17)18)19-5-1-6-20(14,15)7-4-13/h2-3,8,13H,1,4-7,12H2,(H,16,17,18). The molecular formula is C11H17NO7S2. The summed E-state index contributed by atoms with van der Waals surface area (Å²) in [7, 11) is -7.76. The molecule has 0 saturated heterocycles. The molecule has 0 aliphatic rings. The van der Waals surface area contributed by atoms with Gasteiger partial charge in [-0.15, -0.1) is 0 Å². The average molecular weight is 339 g/mol. The normalized spacial score (nSPS) is 12.3. The monoisotopic (exact) mass is 339 g/mol. The number of rotatable bonds is 8. The molecule has 0 spiro atoms. The number of ether oxygens (including phenoxy) is 1. The van der Waals surface area contributed by atoms with Gasteiger partial charge in [0, 0.05) is 6.07 Å². The molecule has 8 nitrogen and oxygen atoms in total. The van der Waals surface area contributed by atoms with Gasteiger partial charge in [0.25, 0.3) is 10.1 Å². The summed E-state index contributed by atoms with van der Waals surface area (Å²) < 4.78 is 58.9. The minimum absolute atomic E-state index is 0.0412. The molecule has 0 unspecified atom stereocenters. The van der Waals surface area contributed by atoms with Gasteiger partial charge in [-0.1, -0.05) is 0 Å². The Morgan fingerprint density at radius 2 is 1.81 bits per heavy atom. The first-order chi connectivity index (χ1) is 9.65. The van der Waals surface area contributed by atoms with Gasteiger partial charge < -0.3 is 15.6 Å². The van der Waals surface area contributed by atoms with Gasteiger partial charge in [0.05, 0.1) is 30.4 Å². The molecule has 0 atom stereocenters. The molecule has 0 heterocycles. The second-order valence-electron chi connectivity index (χ2n) is 4.25. The quantitative estimate of drug-likeness (QED) is 0.332. The van der Waals surface area contributed by atoms with Crippen molar-refractivity contribution in [1.29, 1.82) is 0 Å². The van der Waals surface area contributed by atoms with Crippen LogP contribution in [-0.4, -0.2) is 51.2 Å². The molecule has 4 N–H and O–H groups in total. The third kappa shape index (κ3) is 5.87. The lowest BCUT2D eigenvalue weighted by Gasteiger charge is -2.09. The second kappa shape index (κ2) is 7.07. The van der Waals surface area contributed by atoms with Crippen LogP contribution in [0.4, 0.5) is 5.69 Å². The van der Waals surface area contributed by atoms with Gasteiger partial charge in [-0.2, -0.15) is 8.42 Å². The highest BCUT2D eigenvalue weighted by Crippen LogP contribution is 2.23. The Bertz CT molecular complexity index is 683. The van der Waals surface area contributed by atoms with Crippen molar-refractivity contribution in [2.75, 3.05) is 30.5 Å². The number of aliphatic hydroxyl groups excluding tert-OH is 1. The third-order valence-corrected chi connectivity index (χ3v) is 5.16. The summed E-state index contributed by atoms with van der Waals surface area (Å²) >= 11 is 0. The van der Waals surface area contributed by atoms with Crippen molar-refractivity contribution < 1.29 is 31.2 Å². The van der Waals surface area contributed by atoms with Crippen molar-refractivity contribution >= 4 is 25.6 Å². The minimum Gasteiger partial charge on any atom is -0.494 e. The molecule has 0 aliphatic heterocycles. The van der Waals surface area contributed by atoms with Gasteiger partial charge in [-0.05, 0) is 18.6 Å². The van der Waals surface area contributed by atoms with Crippen molar-refractivity contribution in [3.05, 3.63) is 18.2 Å². The topological polar surface area (TPSA) is 144 Å². The highest BCUT2D eigenvalue weighted by atomic mass is 32.2. The SMILES string of the molecule is Nc1ccc(OCCCS(=O)(=O)CCO)cc1S(=O)(=O)O. The largest absolute Gasteiger partial charge is 0.494 e. The van der Waals surface area contributed by atoms with Gasteiger partial charge in [-0.25, -0.2) is 8.42 Å². The summed E-state index contributed by atoms with van der Waals surface area (Å²) in [6, 6.07) is 3.74. The van der Waals surface area contributed by atoms with Crippen LogP contribution in [0.3, 0.4) is 0 Å². The highest BCUT2D eigenvalue weighted by Gasteiger charge is 2.15. The molecule has 120 valence electrons. The van der Waals surface area contributed by atoms with Crippen molar-refractivity contribution in [3.8, 4) is 5.75 Å². The van der Waals surface area contributed by atoms with Crippen molar-refractivity contribution in [3.63, 3.8) is 0 Å². The van der Waals surface area contributed by atoms with Crippen molar-refractivity contribution in [1.82, 2.24) is 0 Å². The maximum Gasteiger partial charge on any atom is 0.296 e. The molecule has 1 rings (SSSR count). The predicted molar refractivity (Wildman–Crippen MR) is 76.5 cm³/mol. The van der Waals surface area contributed by atoms with Crippen LogP contribution in [0.5, 0.6) is 5.75 Å². The molecule has 0 fully saturated rings. The molecule has 0 bridgehead atoms. The lowest BCUT2D eigenvalue weighted by Crippen LogP contribution is -2.16. The molecule has 0 aromatic heterocycles. The number of hydrogen-bond acceptors (Lipinski definition) is 7. The van der Waals surface area contributed by atoms with E-state index in [1.807, 2.05) is 0 Å². The van der Waals surface area contributed by atoms with E-state index in [0.29, 0.717) is 0 Å². The first kappa shape index (κ1) is 17.7. The zero-order valence-electron chi connectivity index (χ0n) is 11.1. The van der Waals surface area contributed by atoms with Crippen LogP contribution in [0.15, 0.2) is 23.1 Å². The fourth-order valence-electron chi connectivity index (χ4n) is 1.54. The molecule has 21 heavy (non-hydrogen) atoms. The van der Waals surface area contributed by atoms with E-state index in [-0.39, 0.29) is 36.0 Å². The van der Waals surface area contributed by atoms with Crippen LogP contribution in [0.1, 0.15) is 6.42 Å². The summed E-state index contributed by atoms with van der Waals surface area (Å²) in [5.41, 5.74) is 5.31. The predicted octanol–water partition coefficient (Wildman–Crippen LogP) is -0.308. The Balaban J connectivity index is 2.62. The lowest BCUT2D eigenvalue weighted by molar-refractivity contribution is 0.313. The van der Waals surface area contributed by atoms with E-state index in [0.717, 1.165) is 6.07 Å². The Labute approximate surface area is 123 Å². The van der Waals surface area contributed by atoms with Gasteiger partial charge >= 0.3 is 0 Å². The van der Waals surface area contributed by atoms with Gasteiger partial charge in [-0.3, -0.25) is 4.55 Å². The number of nitrogens with two attached hydrogens (primary N) is 1. The van der Waals surface area contributed by atoms with Gasteiger partial charge in [0.2, 0.25) is 0 Å². The molecule has 10 heteroatoms. The van der Waals surface area contributed by atoms with Crippen LogP contribution < -0.4 is 10.5 Å². The van der Waals surface area contributed by atoms with Crippen LogP contribution >= 0.6 is 0 Å². The molecule has 1 aromatic carbocycles. The van der Waals surface area contributed by atoms with Crippen LogP contribution in [-0.2, 0) is 20.0 Å². The van der Waals surface area contributed by atoms with E-state index in [2.05, 4.69) is 0 Å². The van der Waals surface area contributed by atoms with Gasteiger partial charge in [0.1, 0.15) is 10.6 Å². The van der Waals surface area contributed by atoms with Crippen molar-refractivity contribution in [2.24, 2.45) is 0 Å². The molecule has 0 radical (unpaired) electrons. The Morgan fingerprint density at radius 1 is 1.14 bits per heavy atom. The summed E-state index contributed by atoms with van der Waals surface area (Å²) in [6.45, 7) is -0.391. The fraction of sp³-hybridized carbons (Fsp3) is 0.455. The highest BCUT2D eigenvalue weighted by molar-refractivity contribution is 7.91. The molecule has 0 saturated carbocycles. The van der Waals surface area contributed by atoms with Gasteiger partial charge in [0.15, 0.2) is 9.84 Å². The number of benzene rings is 1. The molecular weight excluding hydrogens is 322 g/mol. The zero-order valence-corrected chi connectivity index (χ0v) is 12.7. The molecule has 1 aromatic rings. The number of anilines is 1. The van der Waals surface area contributed by atoms with Crippen molar-refractivity contribution in [2.45, 2.75) is 11.3 Å². The van der Waals surface area contributed by atoms with E-state index in [1.165, 1.54) is 12.1 Å². The first-order valence-corrected chi connectivity index (χ1v) is 9.23. The minimum atomic E-state index is -4.45. The zero-order chi connectivity index (χ0) is 16.1. The fourth-order valence-corrected chi connectivity index (χ4v) is 3.21. The average Bonchev–Trinajstić information content (AvgIpc) is 2.35. The van der Waals surface area contributed by atoms with E-state index < -0.39 is 31.5 Å². The summed E-state index contributed by atoms with van der Waals surface area (Å²) in [6.07, 6.45) is 0.188. The third-order valence-electron chi connectivity index (χ3n) is 2.53. The van der Waals surface area contributed by atoms with E-state index in [1.54, 1.807) is 0 Å². The Hall–Kier alpha value is -1.36. The van der Waals surface area contributed by atoms with E-state index >= 15 is 0 Å². The number of hydrogen-bond donors (Lipinski definition) is 3. The number of aliphatic hydroxyl groups is 1. The second-order valence-corrected chi connectivity index (χ2v) is 7.95. The van der Waals surface area contributed by atoms with Crippen LogP contribution in [0.2, 0.25) is 0 Å². The number of sulfone groups is 1. The Kier molecular flexibility index (Phi) is 5.96. The summed E-state index contributed by atoms with van der Waals surface area (Å²) in [5.74, 6) is -0.300. The molecule has 0 aliphatic carbocycles. The van der Waals surface area contributed by atoms with E-state index in [9.17, 15) is 16.8 Å². The number of nitrogen functional groups attached to an aromatic ring is 1. The van der Waals surface area contributed by atoms with E-state index in [4.69, 9.17) is 20.1 Å².